The molecular formula is C22H29N3O2. The number of likely N-dealkylation sites (tertiary alicyclic amines) is 1. The van der Waals surface area contributed by atoms with Gasteiger partial charge in [0.1, 0.15) is 5.69 Å². The second kappa shape index (κ2) is 8.42. The summed E-state index contributed by atoms with van der Waals surface area (Å²) in [5, 5.41) is 3.09. The van der Waals surface area contributed by atoms with Crippen LogP contribution >= 0.6 is 0 Å². The zero-order valence-electron chi connectivity index (χ0n) is 16.4. The molecule has 1 aliphatic rings. The first-order valence-electron chi connectivity index (χ1n) is 9.74. The Bertz CT molecular complexity index is 789. The van der Waals surface area contributed by atoms with Gasteiger partial charge in [0.25, 0.3) is 5.91 Å². The number of benzene rings is 1. The number of aromatic nitrogens is 1. The first-order valence-corrected chi connectivity index (χ1v) is 9.74. The summed E-state index contributed by atoms with van der Waals surface area (Å²) in [5.41, 5.74) is 3.81. The van der Waals surface area contributed by atoms with Crippen LogP contribution in [0.5, 0.6) is 0 Å². The smallest absolute Gasteiger partial charge is 0.270 e. The van der Waals surface area contributed by atoms with E-state index in [0.29, 0.717) is 31.1 Å². The van der Waals surface area contributed by atoms with Crippen molar-refractivity contribution in [2.45, 2.75) is 46.1 Å². The Labute approximate surface area is 161 Å². The molecule has 2 amide bonds. The van der Waals surface area contributed by atoms with E-state index in [1.165, 1.54) is 0 Å². The quantitative estimate of drug-likeness (QED) is 0.845. The molecule has 0 spiro atoms. The highest BCUT2D eigenvalue weighted by molar-refractivity contribution is 5.94. The monoisotopic (exact) mass is 367 g/mol. The highest BCUT2D eigenvalue weighted by Gasteiger charge is 2.26. The van der Waals surface area contributed by atoms with E-state index in [0.717, 1.165) is 29.7 Å². The minimum atomic E-state index is 0.0134. The number of nitrogens with zero attached hydrogens (tertiary/aromatic N) is 1. The van der Waals surface area contributed by atoms with Crippen LogP contribution in [0.1, 0.15) is 59.5 Å². The second-order valence-electron chi connectivity index (χ2n) is 7.65. The fourth-order valence-corrected chi connectivity index (χ4v) is 3.84. The first kappa shape index (κ1) is 19.2. The average Bonchev–Trinajstić information content (AvgIpc) is 3.00. The van der Waals surface area contributed by atoms with Crippen molar-refractivity contribution in [2.24, 2.45) is 5.92 Å². The van der Waals surface area contributed by atoms with Crippen LogP contribution in [0.4, 0.5) is 0 Å². The Morgan fingerprint density at radius 3 is 2.44 bits per heavy atom. The maximum atomic E-state index is 12.7. The van der Waals surface area contributed by atoms with Gasteiger partial charge in [-0.2, -0.15) is 0 Å². The molecule has 1 aromatic heterocycles. The lowest BCUT2D eigenvalue weighted by Crippen LogP contribution is -2.40. The van der Waals surface area contributed by atoms with Crippen LogP contribution < -0.4 is 5.32 Å². The molecule has 0 aliphatic carbocycles. The molecule has 1 fully saturated rings. The highest BCUT2D eigenvalue weighted by Crippen LogP contribution is 2.23. The second-order valence-corrected chi connectivity index (χ2v) is 7.65. The predicted molar refractivity (Wildman–Crippen MR) is 107 cm³/mol. The van der Waals surface area contributed by atoms with Crippen LogP contribution in [0.2, 0.25) is 0 Å². The number of piperidine rings is 1. The predicted octanol–water partition coefficient (Wildman–Crippen LogP) is 3.75. The van der Waals surface area contributed by atoms with E-state index in [-0.39, 0.29) is 17.9 Å². The topological polar surface area (TPSA) is 65.2 Å². The summed E-state index contributed by atoms with van der Waals surface area (Å²) in [6, 6.07) is 12.0. The third kappa shape index (κ3) is 4.79. The summed E-state index contributed by atoms with van der Waals surface area (Å²) in [6.45, 7) is 7.35. The SMILES string of the molecule is Cc1cc(C)c(C(=O)N2CCC(CC(=O)N[C@@H](C)c3ccccc3)CC2)[nH]1. The molecule has 3 rings (SSSR count). The van der Waals surface area contributed by atoms with E-state index < -0.39 is 0 Å². The number of hydrogen-bond donors (Lipinski definition) is 2. The number of rotatable bonds is 5. The molecule has 0 bridgehead atoms. The van der Waals surface area contributed by atoms with Gasteiger partial charge in [-0.3, -0.25) is 9.59 Å². The van der Waals surface area contributed by atoms with Crippen LogP contribution in [-0.2, 0) is 4.79 Å². The summed E-state index contributed by atoms with van der Waals surface area (Å²) >= 11 is 0. The van der Waals surface area contributed by atoms with E-state index in [1.807, 2.05) is 62.1 Å². The van der Waals surface area contributed by atoms with Crippen molar-refractivity contribution in [3.63, 3.8) is 0 Å². The maximum absolute atomic E-state index is 12.7. The molecule has 0 unspecified atom stereocenters. The van der Waals surface area contributed by atoms with Crippen molar-refractivity contribution < 1.29 is 9.59 Å². The third-order valence-corrected chi connectivity index (χ3v) is 5.42. The fraction of sp³-hybridized carbons (Fsp3) is 0.455. The van der Waals surface area contributed by atoms with Gasteiger partial charge in [0.2, 0.25) is 5.91 Å². The van der Waals surface area contributed by atoms with Crippen LogP contribution in [-0.4, -0.2) is 34.8 Å². The molecule has 2 N–H and O–H groups in total. The molecule has 1 aliphatic heterocycles. The molecule has 27 heavy (non-hydrogen) atoms. The van der Waals surface area contributed by atoms with Crippen molar-refractivity contribution in [2.75, 3.05) is 13.1 Å². The number of amides is 2. The number of carbonyl (C=O) groups is 2. The van der Waals surface area contributed by atoms with E-state index in [2.05, 4.69) is 10.3 Å². The van der Waals surface area contributed by atoms with E-state index in [4.69, 9.17) is 0 Å². The van der Waals surface area contributed by atoms with Gasteiger partial charge in [0.15, 0.2) is 0 Å². The van der Waals surface area contributed by atoms with Crippen molar-refractivity contribution in [1.82, 2.24) is 15.2 Å². The summed E-state index contributed by atoms with van der Waals surface area (Å²) < 4.78 is 0. The lowest BCUT2D eigenvalue weighted by molar-refractivity contribution is -0.122. The Balaban J connectivity index is 1.47. The number of aromatic amines is 1. The van der Waals surface area contributed by atoms with Crippen LogP contribution in [0.25, 0.3) is 0 Å². The number of nitrogens with one attached hydrogen (secondary N) is 2. The van der Waals surface area contributed by atoms with Gasteiger partial charge in [-0.1, -0.05) is 30.3 Å². The standard InChI is InChI=1S/C22H29N3O2/c1-15-13-16(2)23-21(15)22(27)25-11-9-18(10-12-25)14-20(26)24-17(3)19-7-5-4-6-8-19/h4-8,13,17-18,23H,9-12,14H2,1-3H3,(H,24,26)/t17-/m0/s1. The van der Waals surface area contributed by atoms with Gasteiger partial charge in [-0.15, -0.1) is 0 Å². The number of aryl methyl sites for hydroxylation is 2. The number of H-pyrrole nitrogens is 1. The lowest BCUT2D eigenvalue weighted by Gasteiger charge is -2.32. The molecule has 1 saturated heterocycles. The van der Waals surface area contributed by atoms with Gasteiger partial charge < -0.3 is 15.2 Å². The van der Waals surface area contributed by atoms with E-state index in [1.54, 1.807) is 0 Å². The molecule has 1 aromatic carbocycles. The van der Waals surface area contributed by atoms with Crippen LogP contribution in [0, 0.1) is 19.8 Å². The summed E-state index contributed by atoms with van der Waals surface area (Å²) in [7, 11) is 0. The Kier molecular flexibility index (Phi) is 5.99. The number of carbonyl (C=O) groups excluding carboxylic acids is 2. The highest BCUT2D eigenvalue weighted by atomic mass is 16.2. The van der Waals surface area contributed by atoms with E-state index in [9.17, 15) is 9.59 Å². The molecule has 5 nitrogen and oxygen atoms in total. The molecule has 0 radical (unpaired) electrons. The Morgan fingerprint density at radius 1 is 1.19 bits per heavy atom. The van der Waals surface area contributed by atoms with Gasteiger partial charge in [-0.25, -0.2) is 0 Å². The lowest BCUT2D eigenvalue weighted by atomic mass is 9.92. The van der Waals surface area contributed by atoms with Gasteiger partial charge >= 0.3 is 0 Å². The summed E-state index contributed by atoms with van der Waals surface area (Å²) in [4.78, 5) is 30.1. The van der Waals surface area contributed by atoms with E-state index >= 15 is 0 Å². The molecule has 1 atom stereocenters. The minimum absolute atomic E-state index is 0.0134. The largest absolute Gasteiger partial charge is 0.354 e. The van der Waals surface area contributed by atoms with Gasteiger partial charge in [0, 0.05) is 25.2 Å². The van der Waals surface area contributed by atoms with Crippen molar-refractivity contribution in [3.05, 3.63) is 58.9 Å². The number of hydrogen-bond acceptors (Lipinski definition) is 2. The van der Waals surface area contributed by atoms with Crippen molar-refractivity contribution in [3.8, 4) is 0 Å². The average molecular weight is 367 g/mol. The maximum Gasteiger partial charge on any atom is 0.270 e. The first-order chi connectivity index (χ1) is 12.9. The fourth-order valence-electron chi connectivity index (χ4n) is 3.84. The van der Waals surface area contributed by atoms with Crippen LogP contribution in [0.15, 0.2) is 36.4 Å². The molecule has 2 aromatic rings. The Hall–Kier alpha value is -2.56. The molecule has 2 heterocycles. The zero-order chi connectivity index (χ0) is 19.4. The van der Waals surface area contributed by atoms with Crippen molar-refractivity contribution in [1.29, 1.82) is 0 Å². The Morgan fingerprint density at radius 2 is 1.85 bits per heavy atom. The normalized spacial score (nSPS) is 16.2. The molecule has 5 heteroatoms. The van der Waals surface area contributed by atoms with Gasteiger partial charge in [0.05, 0.1) is 6.04 Å². The summed E-state index contributed by atoms with van der Waals surface area (Å²) in [6.07, 6.45) is 2.27. The summed E-state index contributed by atoms with van der Waals surface area (Å²) in [5.74, 6) is 0.497. The third-order valence-electron chi connectivity index (χ3n) is 5.42. The zero-order valence-corrected chi connectivity index (χ0v) is 16.4. The van der Waals surface area contributed by atoms with Crippen LogP contribution in [0.3, 0.4) is 0 Å². The minimum Gasteiger partial charge on any atom is -0.354 e. The van der Waals surface area contributed by atoms with Gasteiger partial charge in [-0.05, 0) is 56.7 Å². The molecule has 144 valence electrons. The molecule has 0 saturated carbocycles. The van der Waals surface area contributed by atoms with Crippen molar-refractivity contribution >= 4 is 11.8 Å². The molecular weight excluding hydrogens is 338 g/mol.